The second-order valence-corrected chi connectivity index (χ2v) is 6.33. The van der Waals surface area contributed by atoms with Crippen molar-refractivity contribution in [1.82, 2.24) is 5.32 Å². The second-order valence-electron chi connectivity index (χ2n) is 5.30. The maximum absolute atomic E-state index is 12.1. The molecule has 2 saturated heterocycles. The monoisotopic (exact) mass is 357 g/mol. The van der Waals surface area contributed by atoms with E-state index in [1.54, 1.807) is 29.8 Å². The number of hydrogen-bond acceptors (Lipinski definition) is 5. The highest BCUT2D eigenvalue weighted by Crippen LogP contribution is 2.33. The van der Waals surface area contributed by atoms with Crippen LogP contribution in [0.5, 0.6) is 5.75 Å². The van der Waals surface area contributed by atoms with Gasteiger partial charge in [-0.05, 0) is 18.6 Å². The van der Waals surface area contributed by atoms with Crippen molar-refractivity contribution in [3.05, 3.63) is 18.2 Å². The van der Waals surface area contributed by atoms with Gasteiger partial charge < -0.3 is 15.0 Å². The molecule has 1 unspecified atom stereocenters. The summed E-state index contributed by atoms with van der Waals surface area (Å²) >= 11 is 1.71. The van der Waals surface area contributed by atoms with E-state index in [2.05, 4.69) is 10.6 Å². The summed E-state index contributed by atoms with van der Waals surface area (Å²) in [4.78, 5) is 25.7. The van der Waals surface area contributed by atoms with Gasteiger partial charge in [0.25, 0.3) is 0 Å². The van der Waals surface area contributed by atoms with Crippen molar-refractivity contribution in [2.45, 2.75) is 18.9 Å². The summed E-state index contributed by atoms with van der Waals surface area (Å²) in [6.45, 7) is 0.712. The molecule has 0 aliphatic carbocycles. The van der Waals surface area contributed by atoms with E-state index < -0.39 is 0 Å². The van der Waals surface area contributed by atoms with Crippen molar-refractivity contribution in [1.29, 1.82) is 0 Å². The average molecular weight is 358 g/mol. The van der Waals surface area contributed by atoms with E-state index in [9.17, 15) is 9.59 Å². The molecule has 2 aliphatic heterocycles. The molecule has 23 heavy (non-hydrogen) atoms. The topological polar surface area (TPSA) is 70.7 Å². The van der Waals surface area contributed by atoms with E-state index in [0.717, 1.165) is 23.7 Å². The molecule has 3 rings (SSSR count). The minimum absolute atomic E-state index is 0. The normalized spacial score (nSPS) is 20.3. The maximum atomic E-state index is 12.1. The Morgan fingerprint density at radius 3 is 2.91 bits per heavy atom. The Balaban J connectivity index is 0.00000192. The van der Waals surface area contributed by atoms with Crippen molar-refractivity contribution >= 4 is 47.4 Å². The molecule has 0 saturated carbocycles. The first kappa shape index (κ1) is 17.9. The molecule has 2 N–H and O–H groups in total. The molecule has 2 heterocycles. The number of hydrogen-bond donors (Lipinski definition) is 2. The third-order valence-corrected chi connectivity index (χ3v) is 4.78. The largest absolute Gasteiger partial charge is 0.494 e. The number of anilines is 2. The summed E-state index contributed by atoms with van der Waals surface area (Å²) in [5.41, 5.74) is 1.44. The van der Waals surface area contributed by atoms with Crippen LogP contribution >= 0.6 is 24.2 Å². The van der Waals surface area contributed by atoms with Crippen LogP contribution in [0.15, 0.2) is 18.2 Å². The van der Waals surface area contributed by atoms with Crippen LogP contribution in [0.2, 0.25) is 0 Å². The fraction of sp³-hybridized carbons (Fsp3) is 0.467. The van der Waals surface area contributed by atoms with Crippen molar-refractivity contribution in [2.75, 3.05) is 35.5 Å². The van der Waals surface area contributed by atoms with Crippen molar-refractivity contribution in [3.63, 3.8) is 0 Å². The molecule has 0 spiro atoms. The number of benzene rings is 1. The van der Waals surface area contributed by atoms with Crippen LogP contribution in [0.1, 0.15) is 12.8 Å². The Labute approximate surface area is 145 Å². The van der Waals surface area contributed by atoms with E-state index in [1.807, 2.05) is 12.1 Å². The van der Waals surface area contributed by atoms with E-state index >= 15 is 0 Å². The van der Waals surface area contributed by atoms with Gasteiger partial charge in [-0.3, -0.25) is 14.9 Å². The van der Waals surface area contributed by atoms with Gasteiger partial charge in [-0.15, -0.1) is 24.2 Å². The van der Waals surface area contributed by atoms with Gasteiger partial charge in [-0.2, -0.15) is 0 Å². The molecule has 0 radical (unpaired) electrons. The van der Waals surface area contributed by atoms with Gasteiger partial charge in [0.05, 0.1) is 18.8 Å². The third-order valence-electron chi connectivity index (χ3n) is 3.84. The first-order chi connectivity index (χ1) is 10.7. The predicted octanol–water partition coefficient (Wildman–Crippen LogP) is 1.84. The number of rotatable bonds is 4. The Morgan fingerprint density at radius 1 is 1.48 bits per heavy atom. The summed E-state index contributed by atoms with van der Waals surface area (Å²) in [6.07, 6.45) is 1.44. The van der Waals surface area contributed by atoms with E-state index in [0.29, 0.717) is 24.4 Å². The summed E-state index contributed by atoms with van der Waals surface area (Å²) in [7, 11) is 1.57. The number of carbonyl (C=O) groups is 2. The van der Waals surface area contributed by atoms with Crippen LogP contribution in [-0.4, -0.2) is 43.1 Å². The number of carbonyl (C=O) groups excluding carboxylic acids is 2. The van der Waals surface area contributed by atoms with Crippen molar-refractivity contribution < 1.29 is 14.3 Å². The maximum Gasteiger partial charge on any atom is 0.242 e. The number of thioether (sulfide) groups is 1. The predicted molar refractivity (Wildman–Crippen MR) is 94.7 cm³/mol. The van der Waals surface area contributed by atoms with Crippen LogP contribution in [0.4, 0.5) is 11.4 Å². The highest BCUT2D eigenvalue weighted by Gasteiger charge is 2.26. The van der Waals surface area contributed by atoms with Gasteiger partial charge >= 0.3 is 0 Å². The van der Waals surface area contributed by atoms with Crippen LogP contribution in [0, 0.1) is 0 Å². The molecule has 2 fully saturated rings. The number of nitrogens with one attached hydrogen (secondary N) is 2. The molecule has 0 bridgehead atoms. The van der Waals surface area contributed by atoms with Gasteiger partial charge in [0.15, 0.2) is 0 Å². The van der Waals surface area contributed by atoms with Crippen LogP contribution in [0.25, 0.3) is 0 Å². The van der Waals surface area contributed by atoms with E-state index in [4.69, 9.17) is 4.74 Å². The van der Waals surface area contributed by atoms with Crippen LogP contribution in [0.3, 0.4) is 0 Å². The number of amides is 2. The second kappa shape index (κ2) is 7.90. The number of halogens is 1. The molecule has 126 valence electrons. The highest BCUT2D eigenvalue weighted by atomic mass is 35.5. The molecule has 1 aromatic carbocycles. The summed E-state index contributed by atoms with van der Waals surface area (Å²) in [5, 5.41) is 6.02. The molecular weight excluding hydrogens is 338 g/mol. The average Bonchev–Trinajstić information content (AvgIpc) is 3.18. The summed E-state index contributed by atoms with van der Waals surface area (Å²) in [5.74, 6) is 2.25. The Morgan fingerprint density at radius 2 is 2.30 bits per heavy atom. The SMILES string of the molecule is COc1cc(NC(=O)C2CSCN2)ccc1N1CCCC1=O.Cl. The molecule has 1 atom stereocenters. The zero-order valence-electron chi connectivity index (χ0n) is 12.8. The minimum atomic E-state index is -0.157. The van der Waals surface area contributed by atoms with Crippen molar-refractivity contribution in [3.8, 4) is 5.75 Å². The lowest BCUT2D eigenvalue weighted by atomic mass is 10.2. The van der Waals surface area contributed by atoms with Gasteiger partial charge in [0.1, 0.15) is 5.75 Å². The lowest BCUT2D eigenvalue weighted by molar-refractivity contribution is -0.118. The van der Waals surface area contributed by atoms with Gasteiger partial charge in [0, 0.05) is 36.3 Å². The lowest BCUT2D eigenvalue weighted by Gasteiger charge is -2.20. The van der Waals surface area contributed by atoms with Gasteiger partial charge in [0.2, 0.25) is 11.8 Å². The first-order valence-electron chi connectivity index (χ1n) is 7.29. The number of methoxy groups -OCH3 is 1. The van der Waals surface area contributed by atoms with Gasteiger partial charge in [-0.25, -0.2) is 0 Å². The highest BCUT2D eigenvalue weighted by molar-refractivity contribution is 7.99. The Bertz CT molecular complexity index is 593. The fourth-order valence-corrected chi connectivity index (χ4v) is 3.62. The van der Waals surface area contributed by atoms with Crippen molar-refractivity contribution in [2.24, 2.45) is 0 Å². The summed E-state index contributed by atoms with van der Waals surface area (Å²) in [6, 6.07) is 5.25. The zero-order valence-corrected chi connectivity index (χ0v) is 14.5. The fourth-order valence-electron chi connectivity index (χ4n) is 2.67. The quantitative estimate of drug-likeness (QED) is 0.860. The number of ether oxygens (including phenoxy) is 1. The Kier molecular flexibility index (Phi) is 6.15. The lowest BCUT2D eigenvalue weighted by Crippen LogP contribution is -2.37. The van der Waals surface area contributed by atoms with E-state index in [1.165, 1.54) is 0 Å². The smallest absolute Gasteiger partial charge is 0.242 e. The number of nitrogens with zero attached hydrogens (tertiary/aromatic N) is 1. The minimum Gasteiger partial charge on any atom is -0.494 e. The molecule has 6 nitrogen and oxygen atoms in total. The molecule has 2 amide bonds. The summed E-state index contributed by atoms with van der Waals surface area (Å²) < 4.78 is 5.39. The molecular formula is C15H20ClN3O3S. The van der Waals surface area contributed by atoms with Crippen LogP contribution in [-0.2, 0) is 9.59 Å². The third kappa shape index (κ3) is 3.91. The Hall–Kier alpha value is -1.44. The molecule has 1 aromatic rings. The zero-order chi connectivity index (χ0) is 15.5. The van der Waals surface area contributed by atoms with Crippen LogP contribution < -0.4 is 20.3 Å². The first-order valence-corrected chi connectivity index (χ1v) is 8.45. The van der Waals surface area contributed by atoms with Gasteiger partial charge in [-0.1, -0.05) is 0 Å². The molecule has 2 aliphatic rings. The molecule has 0 aromatic heterocycles. The molecule has 8 heteroatoms. The standard InChI is InChI=1S/C15H19N3O3S.ClH/c1-21-13-7-10(17-15(20)11-8-22-9-16-11)4-5-12(13)18-6-2-3-14(18)19;/h4-5,7,11,16H,2-3,6,8-9H2,1H3,(H,17,20);1H. The van der Waals surface area contributed by atoms with E-state index in [-0.39, 0.29) is 30.3 Å².